The summed E-state index contributed by atoms with van der Waals surface area (Å²) in [5.74, 6) is 1.20. The summed E-state index contributed by atoms with van der Waals surface area (Å²) in [6.07, 6.45) is 0.687. The molecule has 0 N–H and O–H groups in total. The fourth-order valence-corrected chi connectivity index (χ4v) is 4.35. The Bertz CT molecular complexity index is 864. The van der Waals surface area contributed by atoms with Crippen molar-refractivity contribution < 1.29 is 9.53 Å². The van der Waals surface area contributed by atoms with Crippen LogP contribution in [0.3, 0.4) is 0 Å². The van der Waals surface area contributed by atoms with E-state index in [1.54, 1.807) is 19.2 Å². The van der Waals surface area contributed by atoms with Crippen LogP contribution >= 0.6 is 34.7 Å². The summed E-state index contributed by atoms with van der Waals surface area (Å²) in [6, 6.07) is 13.6. The minimum atomic E-state index is 0.0396. The smallest absolute Gasteiger partial charge is 0.191 e. The molecule has 136 valence electrons. The Morgan fingerprint density at radius 2 is 2.04 bits per heavy atom. The average molecular weight is 408 g/mol. The number of carbonyl (C=O) groups excluding carboxylic acids is 1. The van der Waals surface area contributed by atoms with Gasteiger partial charge in [0, 0.05) is 20.1 Å². The van der Waals surface area contributed by atoms with Gasteiger partial charge in [0.1, 0.15) is 5.82 Å². The molecule has 0 saturated heterocycles. The van der Waals surface area contributed by atoms with E-state index in [1.165, 1.54) is 28.7 Å². The number of aromatic nitrogens is 3. The lowest BCUT2D eigenvalue weighted by molar-refractivity contribution is 0.102. The molecule has 26 heavy (non-hydrogen) atoms. The van der Waals surface area contributed by atoms with Crippen LogP contribution in [0.25, 0.3) is 0 Å². The Kier molecular flexibility index (Phi) is 6.85. The lowest BCUT2D eigenvalue weighted by atomic mass is 10.1. The van der Waals surface area contributed by atoms with Crippen LogP contribution in [0.5, 0.6) is 0 Å². The summed E-state index contributed by atoms with van der Waals surface area (Å²) >= 11 is 8.59. The molecule has 0 unspecified atom stereocenters. The molecular formula is C18H18ClN3O2S2. The van der Waals surface area contributed by atoms with Crippen LogP contribution in [0.1, 0.15) is 21.1 Å². The number of rotatable bonds is 9. The van der Waals surface area contributed by atoms with Gasteiger partial charge in [0.25, 0.3) is 0 Å². The number of hydrogen-bond acceptors (Lipinski definition) is 6. The first-order chi connectivity index (χ1) is 12.7. The number of thioether (sulfide) groups is 1. The van der Waals surface area contributed by atoms with Gasteiger partial charge in [-0.3, -0.25) is 4.79 Å². The molecule has 0 aliphatic heterocycles. The summed E-state index contributed by atoms with van der Waals surface area (Å²) in [7, 11) is 1.66. The van der Waals surface area contributed by atoms with Crippen molar-refractivity contribution in [3.8, 4) is 0 Å². The highest BCUT2D eigenvalue weighted by molar-refractivity contribution is 7.99. The van der Waals surface area contributed by atoms with Gasteiger partial charge in [-0.2, -0.15) is 0 Å². The zero-order chi connectivity index (χ0) is 18.4. The van der Waals surface area contributed by atoms with Crippen molar-refractivity contribution in [2.45, 2.75) is 18.1 Å². The first-order valence-corrected chi connectivity index (χ1v) is 10.2. The molecule has 2 aromatic heterocycles. The molecule has 0 saturated carbocycles. The van der Waals surface area contributed by atoms with E-state index in [0.29, 0.717) is 34.5 Å². The Labute approximate surface area is 165 Å². The average Bonchev–Trinajstić information content (AvgIpc) is 3.25. The molecule has 3 rings (SSSR count). The standard InChI is InChI=1S/C18H18ClN3O2S2/c1-24-10-9-22-17(11-13-5-3-2-4-6-13)20-21-18(22)25-12-14(23)15-7-8-16(19)26-15/h2-8H,9-12H2,1H3. The molecule has 5 nitrogen and oxygen atoms in total. The van der Waals surface area contributed by atoms with E-state index in [2.05, 4.69) is 22.3 Å². The Morgan fingerprint density at radius 1 is 1.23 bits per heavy atom. The van der Waals surface area contributed by atoms with E-state index in [1.807, 2.05) is 22.8 Å². The second-order valence-corrected chi connectivity index (χ2v) is 8.18. The van der Waals surface area contributed by atoms with E-state index < -0.39 is 0 Å². The molecule has 3 aromatic rings. The Morgan fingerprint density at radius 3 is 2.73 bits per heavy atom. The predicted molar refractivity (Wildman–Crippen MR) is 106 cm³/mol. The van der Waals surface area contributed by atoms with Crippen LogP contribution in [-0.2, 0) is 17.7 Å². The molecular weight excluding hydrogens is 390 g/mol. The second-order valence-electron chi connectivity index (χ2n) is 5.52. The van der Waals surface area contributed by atoms with Gasteiger partial charge in [-0.15, -0.1) is 21.5 Å². The van der Waals surface area contributed by atoms with E-state index in [4.69, 9.17) is 16.3 Å². The lowest BCUT2D eigenvalue weighted by Gasteiger charge is -2.09. The van der Waals surface area contributed by atoms with Gasteiger partial charge in [0.15, 0.2) is 10.9 Å². The fraction of sp³-hybridized carbons (Fsp3) is 0.278. The SMILES string of the molecule is COCCn1c(Cc2ccccc2)nnc1SCC(=O)c1ccc(Cl)s1. The second kappa shape index (κ2) is 9.32. The number of carbonyl (C=O) groups is 1. The van der Waals surface area contributed by atoms with E-state index >= 15 is 0 Å². The molecule has 1 aromatic carbocycles. The van der Waals surface area contributed by atoms with Crippen molar-refractivity contribution in [2.24, 2.45) is 0 Å². The van der Waals surface area contributed by atoms with Gasteiger partial charge in [-0.05, 0) is 17.7 Å². The van der Waals surface area contributed by atoms with Crippen molar-refractivity contribution in [3.63, 3.8) is 0 Å². The highest BCUT2D eigenvalue weighted by atomic mass is 35.5. The Balaban J connectivity index is 1.72. The number of Topliss-reactive ketones (excluding diaryl/α,β-unsaturated/α-hetero) is 1. The minimum Gasteiger partial charge on any atom is -0.383 e. The summed E-state index contributed by atoms with van der Waals surface area (Å²) in [5.41, 5.74) is 1.17. The number of hydrogen-bond donors (Lipinski definition) is 0. The zero-order valence-corrected chi connectivity index (χ0v) is 16.6. The number of ether oxygens (including phenoxy) is 1. The number of benzene rings is 1. The summed E-state index contributed by atoms with van der Waals surface area (Å²) < 4.78 is 7.85. The fourth-order valence-electron chi connectivity index (χ4n) is 2.41. The van der Waals surface area contributed by atoms with Crippen molar-refractivity contribution in [1.29, 1.82) is 0 Å². The molecule has 0 radical (unpaired) electrons. The quantitative estimate of drug-likeness (QED) is 0.393. The summed E-state index contributed by atoms with van der Waals surface area (Å²) in [5, 5.41) is 9.33. The topological polar surface area (TPSA) is 57.0 Å². The van der Waals surface area contributed by atoms with Gasteiger partial charge in [0.2, 0.25) is 0 Å². The van der Waals surface area contributed by atoms with E-state index in [0.717, 1.165) is 11.0 Å². The predicted octanol–water partition coefficient (Wildman–Crippen LogP) is 4.21. The molecule has 0 atom stereocenters. The molecule has 0 aliphatic carbocycles. The first-order valence-electron chi connectivity index (χ1n) is 8.03. The van der Waals surface area contributed by atoms with Gasteiger partial charge in [0.05, 0.1) is 21.6 Å². The number of thiophene rings is 1. The third-order valence-corrected chi connectivity index (χ3v) is 5.94. The van der Waals surface area contributed by atoms with Crippen LogP contribution in [0.15, 0.2) is 47.6 Å². The van der Waals surface area contributed by atoms with Crippen molar-refractivity contribution in [2.75, 3.05) is 19.5 Å². The third kappa shape index (κ3) is 4.94. The maximum atomic E-state index is 12.3. The van der Waals surface area contributed by atoms with Gasteiger partial charge in [-0.25, -0.2) is 0 Å². The minimum absolute atomic E-state index is 0.0396. The number of nitrogens with zero attached hydrogens (tertiary/aromatic N) is 3. The zero-order valence-electron chi connectivity index (χ0n) is 14.2. The van der Waals surface area contributed by atoms with E-state index in [-0.39, 0.29) is 5.78 Å². The summed E-state index contributed by atoms with van der Waals surface area (Å²) in [4.78, 5) is 13.0. The Hall–Kier alpha value is -1.67. The van der Waals surface area contributed by atoms with Gasteiger partial charge < -0.3 is 9.30 Å². The summed E-state index contributed by atoms with van der Waals surface area (Å²) in [6.45, 7) is 1.20. The van der Waals surface area contributed by atoms with Gasteiger partial charge in [-0.1, -0.05) is 53.7 Å². The first kappa shape index (κ1) is 19.1. The molecule has 0 spiro atoms. The molecule has 0 bridgehead atoms. The maximum Gasteiger partial charge on any atom is 0.191 e. The molecule has 0 aliphatic rings. The van der Waals surface area contributed by atoms with E-state index in [9.17, 15) is 4.79 Å². The highest BCUT2D eigenvalue weighted by Crippen LogP contribution is 2.25. The third-order valence-electron chi connectivity index (χ3n) is 3.70. The molecule has 0 fully saturated rings. The van der Waals surface area contributed by atoms with Crippen LogP contribution in [0, 0.1) is 0 Å². The van der Waals surface area contributed by atoms with Gasteiger partial charge >= 0.3 is 0 Å². The number of halogens is 1. The van der Waals surface area contributed by atoms with Crippen LogP contribution in [-0.4, -0.2) is 40.0 Å². The largest absolute Gasteiger partial charge is 0.383 e. The monoisotopic (exact) mass is 407 g/mol. The van der Waals surface area contributed by atoms with Crippen LogP contribution in [0.2, 0.25) is 4.34 Å². The van der Waals surface area contributed by atoms with Crippen molar-refractivity contribution in [1.82, 2.24) is 14.8 Å². The molecule has 2 heterocycles. The maximum absolute atomic E-state index is 12.3. The highest BCUT2D eigenvalue weighted by Gasteiger charge is 2.16. The lowest BCUT2D eigenvalue weighted by Crippen LogP contribution is -2.11. The molecule has 8 heteroatoms. The number of methoxy groups -OCH3 is 1. The van der Waals surface area contributed by atoms with Crippen molar-refractivity contribution >= 4 is 40.5 Å². The van der Waals surface area contributed by atoms with Crippen molar-refractivity contribution in [3.05, 3.63) is 63.1 Å². The number of ketones is 1. The van der Waals surface area contributed by atoms with Crippen LogP contribution in [0.4, 0.5) is 0 Å². The molecule has 0 amide bonds. The normalized spacial score (nSPS) is 11.0. The van der Waals surface area contributed by atoms with Crippen LogP contribution < -0.4 is 0 Å².